The van der Waals surface area contributed by atoms with Crippen LogP contribution in [0, 0.1) is 6.92 Å². The number of likely N-dealkylation sites (tertiary alicyclic amines) is 1. The highest BCUT2D eigenvalue weighted by molar-refractivity contribution is 6.30. The van der Waals surface area contributed by atoms with E-state index in [1.165, 1.54) is 55.8 Å². The molecular weight excluding hydrogens is 366 g/mol. The summed E-state index contributed by atoms with van der Waals surface area (Å²) in [5.41, 5.74) is 4.17. The molecule has 2 saturated heterocycles. The highest BCUT2D eigenvalue weighted by Crippen LogP contribution is 2.28. The first-order valence-corrected chi connectivity index (χ1v) is 11.0. The van der Waals surface area contributed by atoms with Crippen LogP contribution in [0.25, 0.3) is 0 Å². The molecule has 4 rings (SSSR count). The molecule has 2 aliphatic heterocycles. The van der Waals surface area contributed by atoms with Gasteiger partial charge in [0.25, 0.3) is 0 Å². The third kappa shape index (κ3) is 4.37. The van der Waals surface area contributed by atoms with E-state index in [-0.39, 0.29) is 0 Å². The van der Waals surface area contributed by atoms with Gasteiger partial charge in [-0.1, -0.05) is 41.9 Å². The standard InChI is InChI=1S/C24H32ClN3/c1-19-5-3-4-6-24(19)28-17-15-27(16-18-28)23-11-13-26(14-12-23)20(2)21-7-9-22(25)10-8-21/h3-10,20,23H,11-18H2,1-2H3. The first-order valence-electron chi connectivity index (χ1n) is 10.7. The summed E-state index contributed by atoms with van der Waals surface area (Å²) in [7, 11) is 0. The van der Waals surface area contributed by atoms with Crippen LogP contribution < -0.4 is 4.90 Å². The van der Waals surface area contributed by atoms with Gasteiger partial charge in [-0.05, 0) is 56.0 Å². The molecule has 2 aromatic rings. The van der Waals surface area contributed by atoms with Gasteiger partial charge in [-0.15, -0.1) is 0 Å². The molecule has 3 nitrogen and oxygen atoms in total. The highest BCUT2D eigenvalue weighted by atomic mass is 35.5. The summed E-state index contributed by atoms with van der Waals surface area (Å²) in [5, 5.41) is 0.819. The van der Waals surface area contributed by atoms with Gasteiger partial charge in [0.05, 0.1) is 0 Å². The zero-order valence-electron chi connectivity index (χ0n) is 17.1. The lowest BCUT2D eigenvalue weighted by atomic mass is 9.98. The summed E-state index contributed by atoms with van der Waals surface area (Å²) in [6, 6.07) is 18.3. The van der Waals surface area contributed by atoms with Crippen LogP contribution in [-0.2, 0) is 0 Å². The van der Waals surface area contributed by atoms with Gasteiger partial charge >= 0.3 is 0 Å². The maximum absolute atomic E-state index is 6.04. The van der Waals surface area contributed by atoms with Crippen molar-refractivity contribution in [3.05, 3.63) is 64.7 Å². The van der Waals surface area contributed by atoms with Crippen LogP contribution in [0.15, 0.2) is 48.5 Å². The Balaban J connectivity index is 1.28. The van der Waals surface area contributed by atoms with Crippen molar-refractivity contribution in [1.29, 1.82) is 0 Å². The molecule has 2 heterocycles. The number of para-hydroxylation sites is 1. The molecule has 0 aromatic heterocycles. The molecule has 0 bridgehead atoms. The van der Waals surface area contributed by atoms with Gasteiger partial charge in [0.2, 0.25) is 0 Å². The fourth-order valence-electron chi connectivity index (χ4n) is 4.84. The summed E-state index contributed by atoms with van der Waals surface area (Å²) >= 11 is 6.04. The number of halogens is 1. The Kier molecular flexibility index (Phi) is 6.25. The molecule has 2 aromatic carbocycles. The summed E-state index contributed by atoms with van der Waals surface area (Å²) in [5.74, 6) is 0. The van der Waals surface area contributed by atoms with Gasteiger partial charge in [-0.2, -0.15) is 0 Å². The van der Waals surface area contributed by atoms with Gasteiger partial charge in [0, 0.05) is 62.1 Å². The quantitative estimate of drug-likeness (QED) is 0.719. The van der Waals surface area contributed by atoms with Crippen molar-refractivity contribution in [1.82, 2.24) is 9.80 Å². The van der Waals surface area contributed by atoms with Gasteiger partial charge in [-0.3, -0.25) is 9.80 Å². The lowest BCUT2D eigenvalue weighted by Crippen LogP contribution is -2.53. The Morgan fingerprint density at radius 3 is 2.14 bits per heavy atom. The van der Waals surface area contributed by atoms with E-state index in [0.717, 1.165) is 24.2 Å². The van der Waals surface area contributed by atoms with E-state index in [1.54, 1.807) is 0 Å². The smallest absolute Gasteiger partial charge is 0.0406 e. The molecule has 2 aliphatic rings. The summed E-state index contributed by atoms with van der Waals surface area (Å²) in [6.45, 7) is 11.6. The topological polar surface area (TPSA) is 9.72 Å². The average Bonchev–Trinajstić information content (AvgIpc) is 2.74. The molecule has 4 heteroatoms. The number of benzene rings is 2. The SMILES string of the molecule is Cc1ccccc1N1CCN(C2CCN(C(C)c3ccc(Cl)cc3)CC2)CC1. The van der Waals surface area contributed by atoms with Crippen LogP contribution in [0.5, 0.6) is 0 Å². The first kappa shape index (κ1) is 19.8. The Hall–Kier alpha value is -1.55. The van der Waals surface area contributed by atoms with Crippen molar-refractivity contribution in [3.8, 4) is 0 Å². The van der Waals surface area contributed by atoms with E-state index >= 15 is 0 Å². The predicted molar refractivity (Wildman–Crippen MR) is 119 cm³/mol. The summed E-state index contributed by atoms with van der Waals surface area (Å²) in [6.07, 6.45) is 2.56. The maximum Gasteiger partial charge on any atom is 0.0406 e. The highest BCUT2D eigenvalue weighted by Gasteiger charge is 2.29. The molecule has 0 saturated carbocycles. The number of rotatable bonds is 4. The second-order valence-corrected chi connectivity index (χ2v) is 8.74. The monoisotopic (exact) mass is 397 g/mol. The molecule has 0 aliphatic carbocycles. The largest absolute Gasteiger partial charge is 0.369 e. The van der Waals surface area contributed by atoms with Gasteiger partial charge in [-0.25, -0.2) is 0 Å². The number of anilines is 1. The van der Waals surface area contributed by atoms with Crippen molar-refractivity contribution in [2.75, 3.05) is 44.2 Å². The fourth-order valence-corrected chi connectivity index (χ4v) is 4.96. The van der Waals surface area contributed by atoms with E-state index in [2.05, 4.69) is 64.9 Å². The number of piperidine rings is 1. The Morgan fingerprint density at radius 2 is 1.50 bits per heavy atom. The minimum absolute atomic E-state index is 0.469. The third-order valence-electron chi connectivity index (χ3n) is 6.69. The second-order valence-electron chi connectivity index (χ2n) is 8.30. The molecule has 2 fully saturated rings. The summed E-state index contributed by atoms with van der Waals surface area (Å²) < 4.78 is 0. The molecule has 28 heavy (non-hydrogen) atoms. The summed E-state index contributed by atoms with van der Waals surface area (Å²) in [4.78, 5) is 7.92. The lowest BCUT2D eigenvalue weighted by molar-refractivity contribution is 0.0840. The number of nitrogens with zero attached hydrogens (tertiary/aromatic N) is 3. The predicted octanol–water partition coefficient (Wildman–Crippen LogP) is 5.00. The molecule has 0 amide bonds. The zero-order valence-corrected chi connectivity index (χ0v) is 17.9. The van der Waals surface area contributed by atoms with Crippen LogP contribution in [-0.4, -0.2) is 55.1 Å². The molecule has 1 unspecified atom stereocenters. The van der Waals surface area contributed by atoms with Crippen molar-refractivity contribution in [2.45, 2.75) is 38.8 Å². The molecule has 150 valence electrons. The van der Waals surface area contributed by atoms with Crippen LogP contribution in [0.3, 0.4) is 0 Å². The van der Waals surface area contributed by atoms with Crippen molar-refractivity contribution in [3.63, 3.8) is 0 Å². The Morgan fingerprint density at radius 1 is 0.857 bits per heavy atom. The van der Waals surface area contributed by atoms with E-state index in [9.17, 15) is 0 Å². The molecule has 1 atom stereocenters. The minimum atomic E-state index is 0.469. The second kappa shape index (κ2) is 8.86. The van der Waals surface area contributed by atoms with Gasteiger partial charge in [0.15, 0.2) is 0 Å². The minimum Gasteiger partial charge on any atom is -0.369 e. The van der Waals surface area contributed by atoms with Gasteiger partial charge < -0.3 is 4.90 Å². The Bertz CT molecular complexity index is 760. The van der Waals surface area contributed by atoms with Crippen molar-refractivity contribution < 1.29 is 0 Å². The number of hydrogen-bond donors (Lipinski definition) is 0. The molecule has 0 spiro atoms. The number of piperazine rings is 1. The molecular formula is C24H32ClN3. The van der Waals surface area contributed by atoms with E-state index in [1.807, 2.05) is 12.1 Å². The van der Waals surface area contributed by atoms with Crippen LogP contribution in [0.4, 0.5) is 5.69 Å². The van der Waals surface area contributed by atoms with E-state index in [4.69, 9.17) is 11.6 Å². The fraction of sp³-hybridized carbons (Fsp3) is 0.500. The van der Waals surface area contributed by atoms with Crippen LogP contribution in [0.2, 0.25) is 5.02 Å². The van der Waals surface area contributed by atoms with E-state index < -0.39 is 0 Å². The van der Waals surface area contributed by atoms with Crippen LogP contribution >= 0.6 is 11.6 Å². The average molecular weight is 398 g/mol. The number of hydrogen-bond acceptors (Lipinski definition) is 3. The number of aryl methyl sites for hydroxylation is 1. The first-order chi connectivity index (χ1) is 13.6. The third-order valence-corrected chi connectivity index (χ3v) is 6.94. The Labute approximate surface area is 174 Å². The van der Waals surface area contributed by atoms with E-state index in [0.29, 0.717) is 6.04 Å². The molecule has 0 radical (unpaired) electrons. The maximum atomic E-state index is 6.04. The van der Waals surface area contributed by atoms with Crippen LogP contribution in [0.1, 0.15) is 36.9 Å². The van der Waals surface area contributed by atoms with Crippen molar-refractivity contribution in [2.24, 2.45) is 0 Å². The molecule has 0 N–H and O–H groups in total. The lowest BCUT2D eigenvalue weighted by Gasteiger charge is -2.44. The van der Waals surface area contributed by atoms with Crippen molar-refractivity contribution >= 4 is 17.3 Å². The normalized spacial score (nSPS) is 21.0. The zero-order chi connectivity index (χ0) is 19.5. The van der Waals surface area contributed by atoms with Gasteiger partial charge in [0.1, 0.15) is 0 Å².